The van der Waals surface area contributed by atoms with E-state index in [1.807, 2.05) is 24.3 Å². The summed E-state index contributed by atoms with van der Waals surface area (Å²) in [6.07, 6.45) is 0.623. The lowest BCUT2D eigenvalue weighted by Crippen LogP contribution is -2.09. The van der Waals surface area contributed by atoms with Crippen LogP contribution in [0.2, 0.25) is 0 Å². The minimum Gasteiger partial charge on any atom is -0.497 e. The van der Waals surface area contributed by atoms with Gasteiger partial charge in [-0.3, -0.25) is 4.79 Å². The van der Waals surface area contributed by atoms with E-state index in [0.717, 1.165) is 11.3 Å². The third-order valence-corrected chi connectivity index (χ3v) is 2.66. The zero-order valence-electron chi connectivity index (χ0n) is 11.5. The van der Waals surface area contributed by atoms with E-state index < -0.39 is 0 Å². The van der Waals surface area contributed by atoms with Gasteiger partial charge in [-0.05, 0) is 17.7 Å². The number of aromatic nitrogens is 2. The molecule has 1 heterocycles. The summed E-state index contributed by atoms with van der Waals surface area (Å²) in [7, 11) is 3.09. The molecule has 2 aromatic rings. The standard InChI is InChI=1S/C14H16N2O4/c1-18-9-11(17)8-14-15-13(16-20-14)7-10-4-3-5-12(6-10)19-2/h3-6H,7-9H2,1-2H3. The van der Waals surface area contributed by atoms with Gasteiger partial charge in [0.25, 0.3) is 0 Å². The van der Waals surface area contributed by atoms with Crippen molar-refractivity contribution in [3.05, 3.63) is 41.5 Å². The molecule has 6 nitrogen and oxygen atoms in total. The smallest absolute Gasteiger partial charge is 0.234 e. The fourth-order valence-corrected chi connectivity index (χ4v) is 1.78. The average molecular weight is 276 g/mol. The summed E-state index contributed by atoms with van der Waals surface area (Å²) in [6, 6.07) is 7.63. The first-order valence-electron chi connectivity index (χ1n) is 6.16. The lowest BCUT2D eigenvalue weighted by atomic mass is 10.1. The van der Waals surface area contributed by atoms with Crippen LogP contribution in [-0.2, 0) is 22.4 Å². The van der Waals surface area contributed by atoms with Gasteiger partial charge in [0.1, 0.15) is 12.4 Å². The summed E-state index contributed by atoms with van der Waals surface area (Å²) >= 11 is 0. The quantitative estimate of drug-likeness (QED) is 0.761. The Hall–Kier alpha value is -2.21. The highest BCUT2D eigenvalue weighted by Gasteiger charge is 2.11. The molecule has 0 radical (unpaired) electrons. The molecule has 0 fully saturated rings. The van der Waals surface area contributed by atoms with Crippen molar-refractivity contribution in [2.45, 2.75) is 12.8 Å². The second-order valence-electron chi connectivity index (χ2n) is 4.28. The topological polar surface area (TPSA) is 74.5 Å². The summed E-state index contributed by atoms with van der Waals surface area (Å²) in [5.41, 5.74) is 1.01. The third kappa shape index (κ3) is 3.89. The molecule has 20 heavy (non-hydrogen) atoms. The maximum atomic E-state index is 11.4. The maximum absolute atomic E-state index is 11.4. The minimum absolute atomic E-state index is 0.0492. The van der Waals surface area contributed by atoms with Crippen LogP contribution in [0.1, 0.15) is 17.3 Å². The molecule has 0 saturated carbocycles. The number of Topliss-reactive ketones (excluding diaryl/α,β-unsaturated/α-hetero) is 1. The molecule has 1 aromatic carbocycles. The van der Waals surface area contributed by atoms with Gasteiger partial charge in [0.05, 0.1) is 13.5 Å². The van der Waals surface area contributed by atoms with E-state index in [-0.39, 0.29) is 18.8 Å². The SMILES string of the molecule is COCC(=O)Cc1nc(Cc2cccc(OC)c2)no1. The fourth-order valence-electron chi connectivity index (χ4n) is 1.78. The number of nitrogens with zero attached hydrogens (tertiary/aromatic N) is 2. The van der Waals surface area contributed by atoms with Gasteiger partial charge in [0.15, 0.2) is 11.6 Å². The van der Waals surface area contributed by atoms with Gasteiger partial charge < -0.3 is 14.0 Å². The predicted octanol–water partition coefficient (Wildman–Crippen LogP) is 1.43. The van der Waals surface area contributed by atoms with E-state index in [1.165, 1.54) is 7.11 Å². The molecule has 1 aromatic heterocycles. The van der Waals surface area contributed by atoms with Crippen LogP contribution in [-0.4, -0.2) is 36.8 Å². The third-order valence-electron chi connectivity index (χ3n) is 2.66. The number of carbonyl (C=O) groups excluding carboxylic acids is 1. The lowest BCUT2D eigenvalue weighted by Gasteiger charge is -2.01. The van der Waals surface area contributed by atoms with E-state index in [4.69, 9.17) is 14.0 Å². The monoisotopic (exact) mass is 276 g/mol. The Labute approximate surface area is 116 Å². The first-order chi connectivity index (χ1) is 9.71. The Bertz CT molecular complexity index is 580. The van der Waals surface area contributed by atoms with Crippen molar-refractivity contribution in [1.82, 2.24) is 10.1 Å². The zero-order chi connectivity index (χ0) is 14.4. The van der Waals surface area contributed by atoms with Gasteiger partial charge in [-0.2, -0.15) is 4.98 Å². The fraction of sp³-hybridized carbons (Fsp3) is 0.357. The molecule has 0 amide bonds. The molecule has 0 aliphatic rings. The summed E-state index contributed by atoms with van der Waals surface area (Å²) in [4.78, 5) is 15.6. The predicted molar refractivity (Wildman–Crippen MR) is 70.7 cm³/mol. The van der Waals surface area contributed by atoms with Crippen LogP contribution < -0.4 is 4.74 Å². The van der Waals surface area contributed by atoms with Crippen molar-refractivity contribution >= 4 is 5.78 Å². The molecule has 0 N–H and O–H groups in total. The first-order valence-corrected chi connectivity index (χ1v) is 6.16. The number of hydrogen-bond donors (Lipinski definition) is 0. The Balaban J connectivity index is 2.00. The van der Waals surface area contributed by atoms with Crippen molar-refractivity contribution in [3.8, 4) is 5.75 Å². The molecule has 0 aliphatic heterocycles. The molecule has 0 bridgehead atoms. The second kappa shape index (κ2) is 6.81. The number of ketones is 1. The molecular weight excluding hydrogens is 260 g/mol. The van der Waals surface area contributed by atoms with Crippen LogP contribution in [0.4, 0.5) is 0 Å². The summed E-state index contributed by atoms with van der Waals surface area (Å²) in [5, 5.41) is 3.86. The maximum Gasteiger partial charge on any atom is 0.234 e. The van der Waals surface area contributed by atoms with Crippen molar-refractivity contribution < 1.29 is 18.8 Å². The molecule has 0 unspecified atom stereocenters. The van der Waals surface area contributed by atoms with Crippen molar-refractivity contribution in [1.29, 1.82) is 0 Å². The zero-order valence-corrected chi connectivity index (χ0v) is 11.5. The normalized spacial score (nSPS) is 10.5. The number of carbonyl (C=O) groups is 1. The van der Waals surface area contributed by atoms with Crippen molar-refractivity contribution in [2.75, 3.05) is 20.8 Å². The highest BCUT2D eigenvalue weighted by Crippen LogP contribution is 2.15. The van der Waals surface area contributed by atoms with E-state index in [9.17, 15) is 4.79 Å². The van der Waals surface area contributed by atoms with Gasteiger partial charge in [-0.15, -0.1) is 0 Å². The molecule has 6 heteroatoms. The number of rotatable bonds is 7. The van der Waals surface area contributed by atoms with Crippen molar-refractivity contribution in [2.24, 2.45) is 0 Å². The Morgan fingerprint density at radius 2 is 2.20 bits per heavy atom. The van der Waals surface area contributed by atoms with Gasteiger partial charge in [0.2, 0.25) is 5.89 Å². The molecule has 0 spiro atoms. The summed E-state index contributed by atoms with van der Waals surface area (Å²) in [5.74, 6) is 1.54. The highest BCUT2D eigenvalue weighted by atomic mass is 16.5. The van der Waals surface area contributed by atoms with E-state index in [0.29, 0.717) is 18.1 Å². The minimum atomic E-state index is -0.0934. The Morgan fingerprint density at radius 3 is 2.95 bits per heavy atom. The largest absolute Gasteiger partial charge is 0.497 e. The van der Waals surface area contributed by atoms with Gasteiger partial charge in [0, 0.05) is 13.5 Å². The van der Waals surface area contributed by atoms with E-state index in [2.05, 4.69) is 10.1 Å². The number of ether oxygens (including phenoxy) is 2. The highest BCUT2D eigenvalue weighted by molar-refractivity contribution is 5.81. The molecular formula is C14H16N2O4. The Morgan fingerprint density at radius 1 is 1.35 bits per heavy atom. The van der Waals surface area contributed by atoms with Crippen LogP contribution in [0, 0.1) is 0 Å². The first kappa shape index (κ1) is 14.2. The van der Waals surface area contributed by atoms with Crippen LogP contribution >= 0.6 is 0 Å². The Kier molecular flexibility index (Phi) is 4.84. The van der Waals surface area contributed by atoms with Crippen LogP contribution in [0.5, 0.6) is 5.75 Å². The van der Waals surface area contributed by atoms with Gasteiger partial charge in [-0.1, -0.05) is 17.3 Å². The molecule has 2 rings (SSSR count). The van der Waals surface area contributed by atoms with Crippen LogP contribution in [0.15, 0.2) is 28.8 Å². The van der Waals surface area contributed by atoms with Gasteiger partial charge in [-0.25, -0.2) is 0 Å². The molecule has 0 saturated heterocycles. The summed E-state index contributed by atoms with van der Waals surface area (Å²) in [6.45, 7) is 0.0492. The molecule has 0 aliphatic carbocycles. The lowest BCUT2D eigenvalue weighted by molar-refractivity contribution is -0.122. The second-order valence-corrected chi connectivity index (χ2v) is 4.28. The summed E-state index contributed by atoms with van der Waals surface area (Å²) < 4.78 is 14.9. The average Bonchev–Trinajstić information content (AvgIpc) is 2.86. The van der Waals surface area contributed by atoms with E-state index >= 15 is 0 Å². The number of methoxy groups -OCH3 is 2. The molecule has 0 atom stereocenters. The number of benzene rings is 1. The van der Waals surface area contributed by atoms with Gasteiger partial charge >= 0.3 is 0 Å². The van der Waals surface area contributed by atoms with E-state index in [1.54, 1.807) is 7.11 Å². The van der Waals surface area contributed by atoms with Crippen LogP contribution in [0.25, 0.3) is 0 Å². The van der Waals surface area contributed by atoms with Crippen LogP contribution in [0.3, 0.4) is 0 Å². The number of hydrogen-bond acceptors (Lipinski definition) is 6. The molecule has 106 valence electrons. The van der Waals surface area contributed by atoms with Crippen molar-refractivity contribution in [3.63, 3.8) is 0 Å².